The Morgan fingerprint density at radius 1 is 1.30 bits per heavy atom. The zero-order valence-electron chi connectivity index (χ0n) is 16.6. The number of fused-ring (bicyclic) bond motifs is 3. The molecule has 0 bridgehead atoms. The molecule has 8 nitrogen and oxygen atoms in total. The number of sulfonamides is 1. The Bertz CT molecular complexity index is 1190. The van der Waals surface area contributed by atoms with E-state index in [9.17, 15) is 17.2 Å². The van der Waals surface area contributed by atoms with Crippen molar-refractivity contribution in [1.29, 1.82) is 0 Å². The van der Waals surface area contributed by atoms with Crippen molar-refractivity contribution in [2.75, 3.05) is 18.8 Å². The molecule has 3 atom stereocenters. The van der Waals surface area contributed by atoms with Crippen molar-refractivity contribution in [1.82, 2.24) is 28.9 Å². The van der Waals surface area contributed by atoms with Gasteiger partial charge in [-0.2, -0.15) is 4.31 Å². The zero-order chi connectivity index (χ0) is 21.1. The summed E-state index contributed by atoms with van der Waals surface area (Å²) in [5.41, 5.74) is 2.28. The van der Waals surface area contributed by atoms with Crippen molar-refractivity contribution in [3.63, 3.8) is 0 Å². The summed E-state index contributed by atoms with van der Waals surface area (Å²) in [5.74, 6) is -1.96. The van der Waals surface area contributed by atoms with E-state index in [1.54, 1.807) is 6.20 Å². The number of nitrogens with one attached hydrogen (secondary N) is 1. The molecule has 4 heterocycles. The van der Waals surface area contributed by atoms with E-state index in [-0.39, 0.29) is 30.1 Å². The molecule has 11 heteroatoms. The van der Waals surface area contributed by atoms with Gasteiger partial charge in [0.05, 0.1) is 24.0 Å². The summed E-state index contributed by atoms with van der Waals surface area (Å²) in [7, 11) is -3.71. The van der Waals surface area contributed by atoms with Crippen LogP contribution in [-0.4, -0.2) is 62.1 Å². The molecular formula is C19H24F2N6O2S. The molecule has 1 saturated carbocycles. The number of rotatable bonds is 5. The van der Waals surface area contributed by atoms with Crippen LogP contribution < -0.4 is 0 Å². The van der Waals surface area contributed by atoms with E-state index in [2.05, 4.69) is 27.1 Å². The number of halogens is 2. The van der Waals surface area contributed by atoms with Gasteiger partial charge in [-0.3, -0.25) is 4.40 Å². The average molecular weight is 439 g/mol. The van der Waals surface area contributed by atoms with Crippen LogP contribution >= 0.6 is 0 Å². The van der Waals surface area contributed by atoms with Crippen LogP contribution in [0.3, 0.4) is 0 Å². The second-order valence-electron chi connectivity index (χ2n) is 8.55. The first kappa shape index (κ1) is 19.8. The monoisotopic (exact) mass is 438 g/mol. The van der Waals surface area contributed by atoms with Crippen LogP contribution in [0.25, 0.3) is 16.8 Å². The molecule has 2 aliphatic rings. The summed E-state index contributed by atoms with van der Waals surface area (Å²) in [4.78, 5) is 7.43. The number of H-pyrrole nitrogens is 1. The molecule has 3 aromatic heterocycles. The van der Waals surface area contributed by atoms with Gasteiger partial charge in [0.2, 0.25) is 10.0 Å². The second-order valence-corrected chi connectivity index (χ2v) is 10.6. The number of nitrogens with zero attached hydrogens (tertiary/aromatic N) is 5. The van der Waals surface area contributed by atoms with E-state index in [4.69, 9.17) is 0 Å². The fraction of sp³-hybridized carbons (Fsp3) is 0.632. The number of hydrogen-bond donors (Lipinski definition) is 1. The van der Waals surface area contributed by atoms with Crippen molar-refractivity contribution < 1.29 is 17.2 Å². The molecule has 30 heavy (non-hydrogen) atoms. The van der Waals surface area contributed by atoms with Crippen LogP contribution in [0.5, 0.6) is 0 Å². The SMILES string of the molecule is CC[C@@H]1C[C@H](CS(=O)(=O)N2CCC(F)(F)C2)C[C@@H]1c1nnc2cnc3[nH]ccc3n12. The van der Waals surface area contributed by atoms with Crippen molar-refractivity contribution >= 4 is 26.8 Å². The number of hydrogen-bond acceptors (Lipinski definition) is 5. The van der Waals surface area contributed by atoms with E-state index in [1.807, 2.05) is 16.7 Å². The van der Waals surface area contributed by atoms with Gasteiger partial charge < -0.3 is 4.98 Å². The molecule has 1 aliphatic carbocycles. The Kier molecular flexibility index (Phi) is 4.58. The van der Waals surface area contributed by atoms with Crippen LogP contribution in [0, 0.1) is 11.8 Å². The first-order valence-corrected chi connectivity index (χ1v) is 11.9. The largest absolute Gasteiger partial charge is 0.345 e. The van der Waals surface area contributed by atoms with Crippen LogP contribution in [0.1, 0.15) is 44.3 Å². The average Bonchev–Trinajstić information content (AvgIpc) is 3.44. The number of aromatic amines is 1. The second kappa shape index (κ2) is 6.94. The van der Waals surface area contributed by atoms with Gasteiger partial charge in [-0.1, -0.05) is 13.3 Å². The summed E-state index contributed by atoms with van der Waals surface area (Å²) in [5, 5.41) is 8.70. The molecule has 162 valence electrons. The third kappa shape index (κ3) is 3.27. The third-order valence-corrected chi connectivity index (χ3v) is 8.58. The van der Waals surface area contributed by atoms with E-state index in [0.29, 0.717) is 12.1 Å². The van der Waals surface area contributed by atoms with Crippen molar-refractivity contribution in [3.05, 3.63) is 24.3 Å². The quantitative estimate of drug-likeness (QED) is 0.661. The molecule has 1 saturated heterocycles. The molecule has 1 aliphatic heterocycles. The highest BCUT2D eigenvalue weighted by Gasteiger charge is 2.45. The summed E-state index contributed by atoms with van der Waals surface area (Å²) < 4.78 is 55.5. The summed E-state index contributed by atoms with van der Waals surface area (Å²) in [6.07, 6.45) is 5.36. The van der Waals surface area contributed by atoms with Crippen molar-refractivity contribution in [2.24, 2.45) is 11.8 Å². The van der Waals surface area contributed by atoms with Gasteiger partial charge in [0.15, 0.2) is 11.3 Å². The van der Waals surface area contributed by atoms with Gasteiger partial charge in [-0.15, -0.1) is 10.2 Å². The fourth-order valence-electron chi connectivity index (χ4n) is 5.13. The Hall–Kier alpha value is -2.14. The van der Waals surface area contributed by atoms with E-state index < -0.39 is 28.9 Å². The van der Waals surface area contributed by atoms with Gasteiger partial charge in [-0.05, 0) is 30.7 Å². The van der Waals surface area contributed by atoms with Gasteiger partial charge in [0.1, 0.15) is 5.82 Å². The van der Waals surface area contributed by atoms with Crippen LogP contribution in [0.2, 0.25) is 0 Å². The minimum atomic E-state index is -3.71. The number of aromatic nitrogens is 5. The Morgan fingerprint density at radius 2 is 2.13 bits per heavy atom. The zero-order valence-corrected chi connectivity index (χ0v) is 17.4. The summed E-state index contributed by atoms with van der Waals surface area (Å²) >= 11 is 0. The highest BCUT2D eigenvalue weighted by molar-refractivity contribution is 7.89. The normalized spacial score (nSPS) is 27.5. The summed E-state index contributed by atoms with van der Waals surface area (Å²) in [6.45, 7) is 1.29. The van der Waals surface area contributed by atoms with E-state index in [0.717, 1.165) is 34.1 Å². The van der Waals surface area contributed by atoms with Gasteiger partial charge in [0, 0.05) is 25.1 Å². The Labute approximate surface area is 172 Å². The molecule has 2 fully saturated rings. The number of alkyl halides is 2. The van der Waals surface area contributed by atoms with Gasteiger partial charge in [0.25, 0.3) is 5.92 Å². The Morgan fingerprint density at radius 3 is 2.87 bits per heavy atom. The maximum Gasteiger partial charge on any atom is 0.262 e. The molecule has 3 aromatic rings. The lowest BCUT2D eigenvalue weighted by atomic mass is 9.93. The fourth-order valence-corrected chi connectivity index (χ4v) is 6.96. The maximum atomic E-state index is 13.5. The smallest absolute Gasteiger partial charge is 0.262 e. The minimum absolute atomic E-state index is 0.0609. The third-order valence-electron chi connectivity index (χ3n) is 6.59. The minimum Gasteiger partial charge on any atom is -0.345 e. The molecule has 5 rings (SSSR count). The highest BCUT2D eigenvalue weighted by Crippen LogP contribution is 2.45. The standard InChI is InChI=1S/C19H24F2N6O2S/c1-2-13-7-12(10-30(28,29)26-6-4-19(20,21)11-26)8-14(13)18-25-24-16-9-23-17-15(27(16)18)3-5-22-17/h3,5,9,12-14,22H,2,4,6-8,10-11H2,1H3/t12-,13+,14-/m0/s1. The van der Waals surface area contributed by atoms with Crippen LogP contribution in [0.4, 0.5) is 8.78 Å². The Balaban J connectivity index is 1.42. The van der Waals surface area contributed by atoms with Crippen LogP contribution in [0.15, 0.2) is 18.5 Å². The topological polar surface area (TPSA) is 96.2 Å². The lowest BCUT2D eigenvalue weighted by Gasteiger charge is -2.19. The van der Waals surface area contributed by atoms with E-state index in [1.165, 1.54) is 0 Å². The predicted octanol–water partition coefficient (Wildman–Crippen LogP) is 2.80. The molecule has 0 amide bonds. The maximum absolute atomic E-state index is 13.5. The highest BCUT2D eigenvalue weighted by atomic mass is 32.2. The van der Waals surface area contributed by atoms with Gasteiger partial charge in [-0.25, -0.2) is 22.2 Å². The summed E-state index contributed by atoms with van der Waals surface area (Å²) in [6, 6.07) is 1.92. The van der Waals surface area contributed by atoms with Crippen molar-refractivity contribution in [3.8, 4) is 0 Å². The molecule has 0 radical (unpaired) electrons. The molecule has 0 spiro atoms. The van der Waals surface area contributed by atoms with Crippen LogP contribution in [-0.2, 0) is 10.0 Å². The van der Waals surface area contributed by atoms with Crippen molar-refractivity contribution in [2.45, 2.75) is 44.4 Å². The molecular weight excluding hydrogens is 414 g/mol. The first-order chi connectivity index (χ1) is 14.3. The lowest BCUT2D eigenvalue weighted by Crippen LogP contribution is -2.35. The predicted molar refractivity (Wildman–Crippen MR) is 107 cm³/mol. The molecule has 0 aromatic carbocycles. The first-order valence-electron chi connectivity index (χ1n) is 10.3. The van der Waals surface area contributed by atoms with E-state index >= 15 is 0 Å². The van der Waals surface area contributed by atoms with Gasteiger partial charge >= 0.3 is 0 Å². The molecule has 1 N–H and O–H groups in total. The lowest BCUT2D eigenvalue weighted by molar-refractivity contribution is 0.0183. The molecule has 0 unspecified atom stereocenters.